The van der Waals surface area contributed by atoms with Crippen LogP contribution in [0.1, 0.15) is 60.4 Å². The van der Waals surface area contributed by atoms with E-state index < -0.39 is 23.5 Å². The number of nitriles is 1. The maximum absolute atomic E-state index is 15.1. The van der Waals surface area contributed by atoms with E-state index in [9.17, 15) is 28.3 Å². The van der Waals surface area contributed by atoms with Crippen molar-refractivity contribution in [2.24, 2.45) is 0 Å². The van der Waals surface area contributed by atoms with Gasteiger partial charge in [-0.2, -0.15) is 18.4 Å². The average molecular weight is 719 g/mol. The number of aromatic nitrogens is 2. The number of rotatable bonds is 15. The second-order valence-corrected chi connectivity index (χ2v) is 11.5. The van der Waals surface area contributed by atoms with Crippen molar-refractivity contribution in [2.75, 3.05) is 32.8 Å². The number of ether oxygens (including phenoxy) is 4. The number of nitrogens with zero attached hydrogens (tertiary/aromatic N) is 4. The molecule has 1 aromatic heterocycles. The Morgan fingerprint density at radius 3 is 2.14 bits per heavy atom. The van der Waals surface area contributed by atoms with Gasteiger partial charge in [-0.1, -0.05) is 13.8 Å². The molecule has 0 aliphatic rings. The van der Waals surface area contributed by atoms with Crippen molar-refractivity contribution in [1.82, 2.24) is 9.97 Å². The maximum Gasteiger partial charge on any atom is 1.00 e. The van der Waals surface area contributed by atoms with Gasteiger partial charge in [-0.05, 0) is 77.4 Å². The Labute approximate surface area is 315 Å². The molecule has 0 unspecified atom stereocenters. The summed E-state index contributed by atoms with van der Waals surface area (Å²) in [5.74, 6) is -0.549. The summed E-state index contributed by atoms with van der Waals surface area (Å²) in [6, 6.07) is 11.2. The van der Waals surface area contributed by atoms with Gasteiger partial charge in [0, 0.05) is 30.7 Å². The maximum atomic E-state index is 15.1. The molecular formula is C36H35F4N4NaO6. The van der Waals surface area contributed by atoms with Gasteiger partial charge in [0.15, 0.2) is 17.2 Å². The van der Waals surface area contributed by atoms with Gasteiger partial charge < -0.3 is 33.7 Å². The number of anilines is 1. The van der Waals surface area contributed by atoms with E-state index in [1.807, 2.05) is 13.8 Å². The van der Waals surface area contributed by atoms with Crippen LogP contribution in [-0.4, -0.2) is 43.9 Å². The number of benzene rings is 3. The number of aliphatic carboxylic acids is 1. The molecule has 51 heavy (non-hydrogen) atoms. The molecule has 0 spiro atoms. The number of hydrogen-bond acceptors (Lipinski definition) is 10. The predicted octanol–water partition coefficient (Wildman–Crippen LogP) is 3.44. The fourth-order valence-electron chi connectivity index (χ4n) is 5.28. The molecule has 0 amide bonds. The van der Waals surface area contributed by atoms with Crippen molar-refractivity contribution in [3.63, 3.8) is 0 Å². The SMILES string of the molecule is COc1cc(CN(Cc2cc(C#N)cc(C(F)(F)F)c2)c2ncc(OCCCC(=O)[O-])cn2)c(-c2cc(C(C)C)c(F)cc2OC)cc1OC.[Na+]. The van der Waals surface area contributed by atoms with Gasteiger partial charge in [-0.15, -0.1) is 0 Å². The first-order valence-corrected chi connectivity index (χ1v) is 15.4. The number of methoxy groups -OCH3 is 3. The van der Waals surface area contributed by atoms with E-state index in [4.69, 9.17) is 18.9 Å². The van der Waals surface area contributed by atoms with Gasteiger partial charge in [0.1, 0.15) is 11.6 Å². The summed E-state index contributed by atoms with van der Waals surface area (Å²) >= 11 is 0. The largest absolute Gasteiger partial charge is 1.00 e. The third kappa shape index (κ3) is 10.5. The van der Waals surface area contributed by atoms with E-state index in [1.54, 1.807) is 29.2 Å². The number of carbonyl (C=O) groups is 1. The molecule has 15 heteroatoms. The smallest absolute Gasteiger partial charge is 0.550 e. The van der Waals surface area contributed by atoms with E-state index in [0.717, 1.165) is 12.1 Å². The fraction of sp³-hybridized carbons (Fsp3) is 0.333. The number of carboxylic acids is 1. The molecule has 0 saturated heterocycles. The van der Waals surface area contributed by atoms with E-state index in [0.29, 0.717) is 33.8 Å². The zero-order chi connectivity index (χ0) is 36.6. The van der Waals surface area contributed by atoms with Crippen LogP contribution >= 0.6 is 0 Å². The second kappa shape index (κ2) is 18.1. The molecule has 0 radical (unpaired) electrons. The van der Waals surface area contributed by atoms with Crippen molar-refractivity contribution in [3.8, 4) is 40.2 Å². The first kappa shape index (κ1) is 40.8. The summed E-state index contributed by atoms with van der Waals surface area (Å²) in [4.78, 5) is 21.1. The monoisotopic (exact) mass is 718 g/mol. The van der Waals surface area contributed by atoms with Crippen LogP contribution in [0, 0.1) is 17.1 Å². The first-order valence-electron chi connectivity index (χ1n) is 15.4. The van der Waals surface area contributed by atoms with Gasteiger partial charge in [-0.25, -0.2) is 14.4 Å². The van der Waals surface area contributed by atoms with E-state index in [2.05, 4.69) is 9.97 Å². The molecule has 0 aliphatic heterocycles. The van der Waals surface area contributed by atoms with Crippen molar-refractivity contribution < 1.29 is 76.0 Å². The molecule has 4 rings (SSSR count). The Morgan fingerprint density at radius 1 is 0.922 bits per heavy atom. The van der Waals surface area contributed by atoms with Gasteiger partial charge in [0.05, 0.1) is 57.5 Å². The molecule has 1 heterocycles. The Hall–Kier alpha value is -4.58. The Balaban J connectivity index is 0.00000702. The molecule has 10 nitrogen and oxygen atoms in total. The average Bonchev–Trinajstić information content (AvgIpc) is 3.09. The quantitative estimate of drug-likeness (QED) is 0.102. The van der Waals surface area contributed by atoms with Crippen LogP contribution in [0.4, 0.5) is 23.5 Å². The summed E-state index contributed by atoms with van der Waals surface area (Å²) in [7, 11) is 4.33. The van der Waals surface area contributed by atoms with Crippen LogP contribution < -0.4 is 58.5 Å². The number of halogens is 4. The summed E-state index contributed by atoms with van der Waals surface area (Å²) in [5, 5.41) is 20.2. The van der Waals surface area contributed by atoms with E-state index >= 15 is 4.39 Å². The summed E-state index contributed by atoms with van der Waals surface area (Å²) in [6.45, 7) is 3.58. The minimum absolute atomic E-state index is 0. The van der Waals surface area contributed by atoms with Gasteiger partial charge >= 0.3 is 35.7 Å². The Morgan fingerprint density at radius 2 is 1.57 bits per heavy atom. The zero-order valence-electron chi connectivity index (χ0n) is 29.1. The number of carbonyl (C=O) groups excluding carboxylic acids is 1. The predicted molar refractivity (Wildman–Crippen MR) is 173 cm³/mol. The van der Waals surface area contributed by atoms with Crippen LogP contribution in [0.15, 0.2) is 54.9 Å². The molecule has 0 fully saturated rings. The Kier molecular flexibility index (Phi) is 14.5. The number of carboxylic acid groups (broad SMARTS) is 1. The third-order valence-corrected chi connectivity index (χ3v) is 7.72. The number of alkyl halides is 3. The summed E-state index contributed by atoms with van der Waals surface area (Å²) in [6.07, 6.45) is -1.99. The van der Waals surface area contributed by atoms with Crippen molar-refractivity contribution >= 4 is 11.9 Å². The minimum atomic E-state index is -4.71. The fourth-order valence-corrected chi connectivity index (χ4v) is 5.28. The second-order valence-electron chi connectivity index (χ2n) is 11.5. The van der Waals surface area contributed by atoms with Crippen LogP contribution in [0.3, 0.4) is 0 Å². The first-order chi connectivity index (χ1) is 23.8. The van der Waals surface area contributed by atoms with Gasteiger partial charge in [0.2, 0.25) is 5.95 Å². The third-order valence-electron chi connectivity index (χ3n) is 7.72. The van der Waals surface area contributed by atoms with Crippen LogP contribution in [0.5, 0.6) is 23.0 Å². The molecular weight excluding hydrogens is 683 g/mol. The zero-order valence-corrected chi connectivity index (χ0v) is 31.1. The molecule has 0 N–H and O–H groups in total. The standard InChI is InChI=1S/C36H36F4N4O6.Na/c1-21(2)27-13-29(31(47-3)15-30(27)37)28-14-33(49-5)32(48-4)12-24(28)20-44(19-23-9-22(16-41)10-25(11-23)36(38,39)40)35-42-17-26(18-43-35)50-8-6-7-34(45)46;/h9-15,17-18,21H,6-8,19-20H2,1-5H3,(H,45,46);/q;+1/p-1. The molecule has 264 valence electrons. The van der Waals surface area contributed by atoms with E-state index in [-0.39, 0.29) is 96.6 Å². The van der Waals surface area contributed by atoms with Crippen molar-refractivity contribution in [3.05, 3.63) is 88.5 Å². The summed E-state index contributed by atoms with van der Waals surface area (Å²) in [5.41, 5.74) is 1.08. The topological polar surface area (TPSA) is 130 Å². The number of hydrogen-bond donors (Lipinski definition) is 0. The van der Waals surface area contributed by atoms with Gasteiger partial charge in [0.25, 0.3) is 0 Å². The van der Waals surface area contributed by atoms with Crippen LogP contribution in [0.25, 0.3) is 11.1 Å². The van der Waals surface area contributed by atoms with Crippen LogP contribution in [-0.2, 0) is 24.1 Å². The molecule has 4 aromatic rings. The van der Waals surface area contributed by atoms with Crippen molar-refractivity contribution in [2.45, 2.75) is 51.9 Å². The normalized spacial score (nSPS) is 11.0. The molecule has 0 aliphatic carbocycles. The van der Waals surface area contributed by atoms with Gasteiger partial charge in [-0.3, -0.25) is 0 Å². The molecule has 0 bridgehead atoms. The molecule has 0 atom stereocenters. The Bertz CT molecular complexity index is 1870. The van der Waals surface area contributed by atoms with Crippen molar-refractivity contribution in [1.29, 1.82) is 5.26 Å². The molecule has 3 aromatic carbocycles. The van der Waals surface area contributed by atoms with Crippen LogP contribution in [0.2, 0.25) is 0 Å². The minimum Gasteiger partial charge on any atom is -0.550 e. The summed E-state index contributed by atoms with van der Waals surface area (Å²) < 4.78 is 78.9. The molecule has 0 saturated carbocycles. The van der Waals surface area contributed by atoms with E-state index in [1.165, 1.54) is 45.9 Å².